The van der Waals surface area contributed by atoms with Gasteiger partial charge in [-0.25, -0.2) is 0 Å². The van der Waals surface area contributed by atoms with Crippen LogP contribution >= 0.6 is 0 Å². The second-order valence-corrected chi connectivity index (χ2v) is 7.99. The highest BCUT2D eigenvalue weighted by Crippen LogP contribution is 2.46. The fraction of sp³-hybridized carbons (Fsp3) is 0.650. The number of hydrogen-bond donors (Lipinski definition) is 1. The zero-order valence-electron chi connectivity index (χ0n) is 15.7. The number of halogens is 3. The lowest BCUT2D eigenvalue weighted by Crippen LogP contribution is -2.42. The summed E-state index contributed by atoms with van der Waals surface area (Å²) in [6, 6.07) is 5.36. The molecule has 8 heteroatoms. The quantitative estimate of drug-likeness (QED) is 0.823. The largest absolute Gasteiger partial charge is 0.448 e. The van der Waals surface area contributed by atoms with Crippen LogP contribution in [0.25, 0.3) is 0 Å². The first-order valence-corrected chi connectivity index (χ1v) is 9.94. The molecule has 1 aliphatic carbocycles. The minimum atomic E-state index is -4.20. The first-order valence-electron chi connectivity index (χ1n) is 9.94. The smallest absolute Gasteiger partial charge is 0.401 e. The summed E-state index contributed by atoms with van der Waals surface area (Å²) in [5.41, 5.74) is 0.623. The summed E-state index contributed by atoms with van der Waals surface area (Å²) in [5.74, 6) is 0.340. The van der Waals surface area contributed by atoms with E-state index in [9.17, 15) is 18.0 Å². The van der Waals surface area contributed by atoms with E-state index >= 15 is 0 Å². The number of nitrogens with zero attached hydrogens (tertiary/aromatic N) is 1. The minimum absolute atomic E-state index is 0.155. The van der Waals surface area contributed by atoms with Gasteiger partial charge in [-0.1, -0.05) is 6.42 Å². The number of anilines is 1. The Bertz CT molecular complexity index is 724. The van der Waals surface area contributed by atoms with Crippen LogP contribution in [0.2, 0.25) is 0 Å². The first-order chi connectivity index (χ1) is 13.3. The van der Waals surface area contributed by atoms with Gasteiger partial charge in [0.2, 0.25) is 5.91 Å². The fourth-order valence-electron chi connectivity index (χ4n) is 4.32. The zero-order chi connectivity index (χ0) is 19.8. The van der Waals surface area contributed by atoms with Crippen molar-refractivity contribution in [1.82, 2.24) is 4.90 Å². The van der Waals surface area contributed by atoms with Gasteiger partial charge >= 0.3 is 6.18 Å². The summed E-state index contributed by atoms with van der Waals surface area (Å²) >= 11 is 0. The molecule has 1 N–H and O–H groups in total. The van der Waals surface area contributed by atoms with Crippen molar-refractivity contribution < 1.29 is 27.4 Å². The van der Waals surface area contributed by atoms with E-state index in [4.69, 9.17) is 9.47 Å². The monoisotopic (exact) mass is 398 g/mol. The van der Waals surface area contributed by atoms with Gasteiger partial charge in [-0.05, 0) is 50.9 Å². The van der Waals surface area contributed by atoms with Crippen molar-refractivity contribution in [2.75, 3.05) is 25.0 Å². The predicted molar refractivity (Wildman–Crippen MR) is 97.4 cm³/mol. The summed E-state index contributed by atoms with van der Waals surface area (Å²) < 4.78 is 49.6. The summed E-state index contributed by atoms with van der Waals surface area (Å²) in [7, 11) is 0. The number of rotatable bonds is 3. The van der Waals surface area contributed by atoms with Crippen molar-refractivity contribution in [3.05, 3.63) is 18.2 Å². The summed E-state index contributed by atoms with van der Waals surface area (Å²) in [4.78, 5) is 13.9. The van der Waals surface area contributed by atoms with E-state index in [1.807, 2.05) is 0 Å². The Morgan fingerprint density at radius 2 is 1.79 bits per heavy atom. The molecule has 2 aliphatic heterocycles. The molecule has 1 amide bonds. The topological polar surface area (TPSA) is 50.8 Å². The molecule has 0 aromatic heterocycles. The summed E-state index contributed by atoms with van der Waals surface area (Å²) in [6.07, 6.45) is 1.71. The number of benzene rings is 1. The third-order valence-electron chi connectivity index (χ3n) is 5.78. The number of amides is 1. The van der Waals surface area contributed by atoms with E-state index in [1.165, 1.54) is 11.3 Å². The van der Waals surface area contributed by atoms with Crippen molar-refractivity contribution in [3.63, 3.8) is 0 Å². The molecule has 1 spiro atoms. The lowest BCUT2D eigenvalue weighted by atomic mass is 9.94. The minimum Gasteiger partial charge on any atom is -0.448 e. The van der Waals surface area contributed by atoms with Gasteiger partial charge in [0.15, 0.2) is 11.5 Å². The number of nitrogens with one attached hydrogen (secondary N) is 1. The SMILES string of the molecule is O=C(Nc1ccc2c(c1)OC1(CCCCC1)O2)C1CCN(CC(F)(F)F)CC1. The third-order valence-corrected chi connectivity index (χ3v) is 5.78. The average molecular weight is 398 g/mol. The summed E-state index contributed by atoms with van der Waals surface area (Å²) in [5, 5.41) is 2.88. The Kier molecular flexibility index (Phi) is 5.16. The fourth-order valence-corrected chi connectivity index (χ4v) is 4.32. The van der Waals surface area contributed by atoms with Crippen LogP contribution in [0, 0.1) is 5.92 Å². The molecule has 0 bridgehead atoms. The molecule has 1 aromatic carbocycles. The molecule has 1 aromatic rings. The van der Waals surface area contributed by atoms with Crippen LogP contribution in [0.3, 0.4) is 0 Å². The first kappa shape index (κ1) is 19.4. The van der Waals surface area contributed by atoms with Gasteiger partial charge in [-0.2, -0.15) is 13.2 Å². The Morgan fingerprint density at radius 3 is 2.46 bits per heavy atom. The molecule has 0 atom stereocenters. The number of alkyl halides is 3. The number of likely N-dealkylation sites (tertiary alicyclic amines) is 1. The van der Waals surface area contributed by atoms with Gasteiger partial charge < -0.3 is 14.8 Å². The molecular formula is C20H25F3N2O3. The Balaban J connectivity index is 1.32. The molecular weight excluding hydrogens is 373 g/mol. The van der Waals surface area contributed by atoms with E-state index in [0.717, 1.165) is 25.7 Å². The van der Waals surface area contributed by atoms with E-state index in [-0.39, 0.29) is 24.9 Å². The molecule has 1 saturated heterocycles. The van der Waals surface area contributed by atoms with E-state index in [2.05, 4.69) is 5.32 Å². The molecule has 0 unspecified atom stereocenters. The molecule has 28 heavy (non-hydrogen) atoms. The van der Waals surface area contributed by atoms with Crippen LogP contribution in [0.15, 0.2) is 18.2 Å². The molecule has 5 nitrogen and oxygen atoms in total. The molecule has 3 aliphatic rings. The number of piperidine rings is 1. The predicted octanol–water partition coefficient (Wildman–Crippen LogP) is 4.33. The van der Waals surface area contributed by atoms with E-state index < -0.39 is 18.5 Å². The molecule has 0 radical (unpaired) electrons. The lowest BCUT2D eigenvalue weighted by Gasteiger charge is -2.31. The van der Waals surface area contributed by atoms with Gasteiger partial charge in [-0.3, -0.25) is 9.69 Å². The van der Waals surface area contributed by atoms with E-state index in [0.29, 0.717) is 30.0 Å². The number of fused-ring (bicyclic) bond motifs is 1. The highest BCUT2D eigenvalue weighted by atomic mass is 19.4. The van der Waals surface area contributed by atoms with Crippen molar-refractivity contribution in [1.29, 1.82) is 0 Å². The van der Waals surface area contributed by atoms with Crippen LogP contribution in [-0.2, 0) is 4.79 Å². The Morgan fingerprint density at radius 1 is 1.11 bits per heavy atom. The lowest BCUT2D eigenvalue weighted by molar-refractivity contribution is -0.149. The van der Waals surface area contributed by atoms with Crippen LogP contribution in [0.5, 0.6) is 11.5 Å². The normalized spacial score (nSPS) is 22.4. The molecule has 2 fully saturated rings. The average Bonchev–Trinajstić information content (AvgIpc) is 2.98. The van der Waals surface area contributed by atoms with Crippen molar-refractivity contribution in [3.8, 4) is 11.5 Å². The molecule has 4 rings (SSSR count). The van der Waals surface area contributed by atoms with Gasteiger partial charge in [0.05, 0.1) is 6.54 Å². The maximum Gasteiger partial charge on any atom is 0.401 e. The molecule has 154 valence electrons. The van der Waals surface area contributed by atoms with Gasteiger partial charge in [0.25, 0.3) is 5.79 Å². The van der Waals surface area contributed by atoms with Crippen LogP contribution in [0.4, 0.5) is 18.9 Å². The standard InChI is InChI=1S/C20H25F3N2O3/c21-20(22,23)13-25-10-6-14(7-11-25)18(26)24-15-4-5-16-17(12-15)28-19(27-16)8-2-1-3-9-19/h4-5,12,14H,1-3,6-11,13H2,(H,24,26). The highest BCUT2D eigenvalue weighted by Gasteiger charge is 2.42. The van der Waals surface area contributed by atoms with Crippen molar-refractivity contribution >= 4 is 11.6 Å². The van der Waals surface area contributed by atoms with Crippen molar-refractivity contribution in [2.24, 2.45) is 5.92 Å². The van der Waals surface area contributed by atoms with Crippen LogP contribution in [0.1, 0.15) is 44.9 Å². The van der Waals surface area contributed by atoms with Crippen molar-refractivity contribution in [2.45, 2.75) is 56.9 Å². The number of carbonyl (C=O) groups is 1. The second kappa shape index (κ2) is 7.46. The molecule has 1 saturated carbocycles. The van der Waals surface area contributed by atoms with Crippen LogP contribution < -0.4 is 14.8 Å². The zero-order valence-corrected chi connectivity index (χ0v) is 15.7. The van der Waals surface area contributed by atoms with Gasteiger partial charge in [0.1, 0.15) is 0 Å². The molecule has 2 heterocycles. The Labute approximate surface area is 162 Å². The van der Waals surface area contributed by atoms with E-state index in [1.54, 1.807) is 18.2 Å². The highest BCUT2D eigenvalue weighted by molar-refractivity contribution is 5.93. The number of ether oxygens (including phenoxy) is 2. The maximum atomic E-state index is 12.5. The van der Waals surface area contributed by atoms with Crippen LogP contribution in [-0.4, -0.2) is 42.4 Å². The third kappa shape index (κ3) is 4.37. The second-order valence-electron chi connectivity index (χ2n) is 7.99. The van der Waals surface area contributed by atoms with Gasteiger partial charge in [-0.15, -0.1) is 0 Å². The Hall–Kier alpha value is -1.96. The number of carbonyl (C=O) groups excluding carboxylic acids is 1. The maximum absolute atomic E-state index is 12.5. The summed E-state index contributed by atoms with van der Waals surface area (Å²) in [6.45, 7) is -0.353. The number of hydrogen-bond acceptors (Lipinski definition) is 4. The van der Waals surface area contributed by atoms with Gasteiger partial charge in [0, 0.05) is 30.5 Å².